The zero-order valence-electron chi connectivity index (χ0n) is 18.5. The largest absolute Gasteiger partial charge is 0.493 e. The number of benzene rings is 2. The minimum atomic E-state index is -0.462. The Kier molecular flexibility index (Phi) is 6.63. The van der Waals surface area contributed by atoms with E-state index in [2.05, 4.69) is 42.3 Å². The van der Waals surface area contributed by atoms with Crippen LogP contribution in [0.15, 0.2) is 47.6 Å². The van der Waals surface area contributed by atoms with E-state index in [4.69, 9.17) is 9.47 Å². The smallest absolute Gasteiger partial charge is 0.277 e. The molecule has 6 nitrogen and oxygen atoms in total. The maximum absolute atomic E-state index is 14.8. The van der Waals surface area contributed by atoms with Gasteiger partial charge in [-0.1, -0.05) is 18.2 Å². The van der Waals surface area contributed by atoms with Gasteiger partial charge in [0.15, 0.2) is 18.1 Å². The quantitative estimate of drug-likeness (QED) is 0.528. The summed E-state index contributed by atoms with van der Waals surface area (Å²) in [6.45, 7) is 8.81. The maximum atomic E-state index is 14.8. The molecule has 1 amide bonds. The summed E-state index contributed by atoms with van der Waals surface area (Å²) in [7, 11) is 1.53. The van der Waals surface area contributed by atoms with Crippen molar-refractivity contribution in [2.24, 2.45) is 5.10 Å². The van der Waals surface area contributed by atoms with Crippen molar-refractivity contribution in [3.05, 3.63) is 59.4 Å². The fraction of sp³-hybridized carbons (Fsp3) is 0.333. The van der Waals surface area contributed by atoms with Gasteiger partial charge in [0.2, 0.25) is 0 Å². The molecular formula is C24H28FN3O3. The van der Waals surface area contributed by atoms with Crippen molar-refractivity contribution in [1.82, 2.24) is 5.43 Å². The number of carbonyl (C=O) groups excluding carboxylic acids is 1. The Bertz CT molecular complexity index is 1030. The summed E-state index contributed by atoms with van der Waals surface area (Å²) >= 11 is 0. The molecule has 0 saturated carbocycles. The molecule has 2 aromatic rings. The maximum Gasteiger partial charge on any atom is 0.277 e. The number of methoxy groups -OCH3 is 1. The zero-order valence-corrected chi connectivity index (χ0v) is 18.5. The van der Waals surface area contributed by atoms with Crippen molar-refractivity contribution in [3.63, 3.8) is 0 Å². The zero-order chi connectivity index (χ0) is 22.6. The number of amides is 1. The number of nitrogens with one attached hydrogen (secondary N) is 1. The molecule has 0 spiro atoms. The number of para-hydroxylation sites is 2. The molecule has 0 unspecified atom stereocenters. The molecule has 0 fully saturated rings. The van der Waals surface area contributed by atoms with Crippen LogP contribution in [0.5, 0.6) is 11.5 Å². The van der Waals surface area contributed by atoms with Gasteiger partial charge < -0.3 is 14.4 Å². The van der Waals surface area contributed by atoms with Crippen molar-refractivity contribution in [3.8, 4) is 11.5 Å². The predicted octanol–water partition coefficient (Wildman–Crippen LogP) is 4.39. The van der Waals surface area contributed by atoms with Gasteiger partial charge in [0.25, 0.3) is 5.91 Å². The van der Waals surface area contributed by atoms with Crippen LogP contribution in [0.3, 0.4) is 0 Å². The van der Waals surface area contributed by atoms with E-state index in [0.29, 0.717) is 17.1 Å². The molecule has 164 valence electrons. The van der Waals surface area contributed by atoms with Crippen molar-refractivity contribution in [1.29, 1.82) is 0 Å². The van der Waals surface area contributed by atoms with E-state index in [9.17, 15) is 9.18 Å². The number of allylic oxidation sites excluding steroid dienone is 1. The number of likely N-dealkylation sites (N-methyl/N-ethyl adjacent to an activating group) is 1. The molecule has 0 saturated heterocycles. The van der Waals surface area contributed by atoms with Gasteiger partial charge in [-0.25, -0.2) is 9.82 Å². The minimum absolute atomic E-state index is 0.191. The molecule has 0 atom stereocenters. The molecule has 1 N–H and O–H groups in total. The highest BCUT2D eigenvalue weighted by atomic mass is 19.1. The first-order valence-corrected chi connectivity index (χ1v) is 10.2. The fourth-order valence-corrected chi connectivity index (χ4v) is 3.88. The van der Waals surface area contributed by atoms with Crippen LogP contribution >= 0.6 is 0 Å². The van der Waals surface area contributed by atoms with Gasteiger partial charge in [-0.15, -0.1) is 0 Å². The number of rotatable bonds is 7. The first-order valence-electron chi connectivity index (χ1n) is 10.2. The highest BCUT2D eigenvalue weighted by molar-refractivity contribution is 5.89. The van der Waals surface area contributed by atoms with Crippen LogP contribution in [0, 0.1) is 5.82 Å². The van der Waals surface area contributed by atoms with Gasteiger partial charge in [0.1, 0.15) is 5.82 Å². The lowest BCUT2D eigenvalue weighted by Crippen LogP contribution is -2.45. The highest BCUT2D eigenvalue weighted by Crippen LogP contribution is 2.39. The van der Waals surface area contributed by atoms with Gasteiger partial charge in [0.05, 0.1) is 18.9 Å². The number of carbonyl (C=O) groups is 1. The van der Waals surface area contributed by atoms with E-state index in [1.807, 2.05) is 6.92 Å². The fourth-order valence-electron chi connectivity index (χ4n) is 3.88. The van der Waals surface area contributed by atoms with Crippen LogP contribution in [0.4, 0.5) is 10.1 Å². The van der Waals surface area contributed by atoms with Gasteiger partial charge in [-0.2, -0.15) is 5.10 Å². The number of halogens is 1. The summed E-state index contributed by atoms with van der Waals surface area (Å²) in [5.74, 6) is 0.125. The number of fused-ring (bicyclic) bond motifs is 1. The van der Waals surface area contributed by atoms with E-state index < -0.39 is 11.7 Å². The predicted molar refractivity (Wildman–Crippen MR) is 121 cm³/mol. The number of ether oxygens (including phenoxy) is 2. The van der Waals surface area contributed by atoms with Crippen LogP contribution in [-0.4, -0.2) is 37.9 Å². The Hall–Kier alpha value is -3.35. The van der Waals surface area contributed by atoms with E-state index in [1.54, 1.807) is 30.3 Å². The standard InChI is InChI=1S/C24H28FN3O3/c1-6-28-20-12-19(25)17(11-18(20)16(2)13-24(28,3)4)14-26-27-23(29)15-31-22-10-8-7-9-21(22)30-5/h7-14H,6,15H2,1-5H3,(H,27,29)/b26-14+. The van der Waals surface area contributed by atoms with Crippen LogP contribution in [0.25, 0.3) is 5.57 Å². The number of nitrogens with zero attached hydrogens (tertiary/aromatic N) is 2. The molecule has 2 aromatic carbocycles. The monoisotopic (exact) mass is 425 g/mol. The Labute approximate surface area is 182 Å². The third-order valence-corrected chi connectivity index (χ3v) is 5.23. The molecule has 31 heavy (non-hydrogen) atoms. The third-order valence-electron chi connectivity index (χ3n) is 5.23. The molecule has 0 radical (unpaired) electrons. The molecule has 3 rings (SSSR count). The Morgan fingerprint density at radius 1 is 1.26 bits per heavy atom. The first kappa shape index (κ1) is 22.3. The van der Waals surface area contributed by atoms with Crippen molar-refractivity contribution < 1.29 is 18.7 Å². The molecule has 0 aromatic heterocycles. The summed E-state index contributed by atoms with van der Waals surface area (Å²) in [6, 6.07) is 10.3. The molecule has 1 aliphatic rings. The van der Waals surface area contributed by atoms with E-state index in [-0.39, 0.29) is 12.1 Å². The van der Waals surface area contributed by atoms with Crippen LogP contribution < -0.4 is 19.8 Å². The molecule has 0 bridgehead atoms. The van der Waals surface area contributed by atoms with Gasteiger partial charge >= 0.3 is 0 Å². The summed E-state index contributed by atoms with van der Waals surface area (Å²) in [6.07, 6.45) is 3.48. The first-order chi connectivity index (χ1) is 14.8. The summed E-state index contributed by atoms with van der Waals surface area (Å²) in [4.78, 5) is 14.2. The Balaban J connectivity index is 1.69. The molecule has 7 heteroatoms. The molecule has 0 aliphatic carbocycles. The number of anilines is 1. The molecular weight excluding hydrogens is 397 g/mol. The normalized spacial score (nSPS) is 14.8. The molecule has 1 aliphatic heterocycles. The average Bonchev–Trinajstić information content (AvgIpc) is 2.73. The third kappa shape index (κ3) is 4.87. The SMILES string of the molecule is CCN1c2cc(F)c(/C=N/NC(=O)COc3ccccc3OC)cc2C(C)=CC1(C)C. The number of hydrogen-bond acceptors (Lipinski definition) is 5. The summed E-state index contributed by atoms with van der Waals surface area (Å²) < 4.78 is 25.4. The summed E-state index contributed by atoms with van der Waals surface area (Å²) in [5.41, 5.74) is 5.36. The average molecular weight is 426 g/mol. The van der Waals surface area contributed by atoms with Gasteiger partial charge in [0, 0.05) is 23.4 Å². The van der Waals surface area contributed by atoms with Crippen molar-refractivity contribution in [2.45, 2.75) is 33.2 Å². The minimum Gasteiger partial charge on any atom is -0.493 e. The Morgan fingerprint density at radius 2 is 1.97 bits per heavy atom. The second kappa shape index (κ2) is 9.20. The van der Waals surface area contributed by atoms with Crippen LogP contribution in [0.1, 0.15) is 38.8 Å². The second-order valence-electron chi connectivity index (χ2n) is 7.85. The Morgan fingerprint density at radius 3 is 2.65 bits per heavy atom. The van der Waals surface area contributed by atoms with E-state index >= 15 is 0 Å². The lowest BCUT2D eigenvalue weighted by atomic mass is 9.88. The van der Waals surface area contributed by atoms with Crippen LogP contribution in [0.2, 0.25) is 0 Å². The van der Waals surface area contributed by atoms with Crippen molar-refractivity contribution in [2.75, 3.05) is 25.2 Å². The van der Waals surface area contributed by atoms with Gasteiger partial charge in [-0.3, -0.25) is 4.79 Å². The van der Waals surface area contributed by atoms with Crippen molar-refractivity contribution >= 4 is 23.4 Å². The topological polar surface area (TPSA) is 63.2 Å². The van der Waals surface area contributed by atoms with Crippen LogP contribution in [-0.2, 0) is 4.79 Å². The summed E-state index contributed by atoms with van der Waals surface area (Å²) in [5, 5.41) is 3.89. The van der Waals surface area contributed by atoms with E-state index in [1.165, 1.54) is 19.4 Å². The number of hydrogen-bond donors (Lipinski definition) is 1. The lowest BCUT2D eigenvalue weighted by Gasteiger charge is -2.42. The highest BCUT2D eigenvalue weighted by Gasteiger charge is 2.30. The van der Waals surface area contributed by atoms with E-state index in [0.717, 1.165) is 23.4 Å². The lowest BCUT2D eigenvalue weighted by molar-refractivity contribution is -0.123. The molecule has 1 heterocycles. The van der Waals surface area contributed by atoms with Gasteiger partial charge in [-0.05, 0) is 57.5 Å². The number of hydrazone groups is 1. The second-order valence-corrected chi connectivity index (χ2v) is 7.85.